The standard InChI is InChI=1S/C17H24N2O2.ClH/c1-21-15-6-4-5-13(11-15)17(8-2-3-9-17)16(20)19-14-7-10-18-12-14;/h4-6,11,14,18H,2-3,7-10,12H2,1H3,(H,19,20);1H. The number of carbonyl (C=O) groups is 1. The molecule has 3 rings (SSSR count). The summed E-state index contributed by atoms with van der Waals surface area (Å²) < 4.78 is 5.33. The molecule has 5 heteroatoms. The Morgan fingerprint density at radius 1 is 1.36 bits per heavy atom. The number of nitrogens with one attached hydrogen (secondary N) is 2. The molecule has 4 nitrogen and oxygen atoms in total. The van der Waals surface area contributed by atoms with Crippen LogP contribution >= 0.6 is 12.4 Å². The average Bonchev–Trinajstić information content (AvgIpc) is 3.19. The average molecular weight is 325 g/mol. The molecule has 0 bridgehead atoms. The highest BCUT2D eigenvalue weighted by Crippen LogP contribution is 2.42. The summed E-state index contributed by atoms with van der Waals surface area (Å²) in [4.78, 5) is 12.9. The first-order chi connectivity index (χ1) is 10.2. The zero-order valence-electron chi connectivity index (χ0n) is 13.1. The maximum absolute atomic E-state index is 12.9. The van der Waals surface area contributed by atoms with E-state index in [4.69, 9.17) is 4.74 Å². The van der Waals surface area contributed by atoms with E-state index in [1.807, 2.05) is 18.2 Å². The summed E-state index contributed by atoms with van der Waals surface area (Å²) in [5.74, 6) is 1.02. The van der Waals surface area contributed by atoms with Crippen molar-refractivity contribution in [2.75, 3.05) is 20.2 Å². The molecule has 1 saturated carbocycles. The second-order valence-corrected chi connectivity index (χ2v) is 6.18. The second-order valence-electron chi connectivity index (χ2n) is 6.18. The Hall–Kier alpha value is -1.26. The van der Waals surface area contributed by atoms with E-state index >= 15 is 0 Å². The van der Waals surface area contributed by atoms with E-state index in [9.17, 15) is 4.79 Å². The monoisotopic (exact) mass is 324 g/mol. The summed E-state index contributed by atoms with van der Waals surface area (Å²) in [6.07, 6.45) is 5.14. The molecule has 0 aromatic heterocycles. The highest BCUT2D eigenvalue weighted by molar-refractivity contribution is 5.89. The van der Waals surface area contributed by atoms with Gasteiger partial charge in [-0.05, 0) is 43.5 Å². The van der Waals surface area contributed by atoms with Gasteiger partial charge in [-0.1, -0.05) is 25.0 Å². The number of benzene rings is 1. The molecule has 1 aliphatic heterocycles. The van der Waals surface area contributed by atoms with Crippen LogP contribution in [-0.2, 0) is 10.2 Å². The van der Waals surface area contributed by atoms with Crippen molar-refractivity contribution in [2.45, 2.75) is 43.6 Å². The van der Waals surface area contributed by atoms with Gasteiger partial charge in [0, 0.05) is 12.6 Å². The predicted molar refractivity (Wildman–Crippen MR) is 89.8 cm³/mol. The fourth-order valence-electron chi connectivity index (χ4n) is 3.65. The van der Waals surface area contributed by atoms with E-state index in [0.29, 0.717) is 0 Å². The summed E-state index contributed by atoms with van der Waals surface area (Å²) in [6, 6.07) is 8.29. The van der Waals surface area contributed by atoms with Crippen LogP contribution in [0.2, 0.25) is 0 Å². The summed E-state index contributed by atoms with van der Waals surface area (Å²) in [5, 5.41) is 6.56. The van der Waals surface area contributed by atoms with Crippen LogP contribution in [0.1, 0.15) is 37.7 Å². The van der Waals surface area contributed by atoms with Crippen LogP contribution in [0.25, 0.3) is 0 Å². The number of rotatable bonds is 4. The zero-order valence-corrected chi connectivity index (χ0v) is 13.9. The van der Waals surface area contributed by atoms with Crippen molar-refractivity contribution in [1.29, 1.82) is 0 Å². The van der Waals surface area contributed by atoms with Gasteiger partial charge in [-0.25, -0.2) is 0 Å². The molecule has 2 fully saturated rings. The van der Waals surface area contributed by atoms with Crippen LogP contribution < -0.4 is 15.4 Å². The number of amides is 1. The third-order valence-corrected chi connectivity index (χ3v) is 4.91. The van der Waals surface area contributed by atoms with Gasteiger partial charge in [0.1, 0.15) is 5.75 Å². The van der Waals surface area contributed by atoms with Crippen LogP contribution in [0, 0.1) is 0 Å². The van der Waals surface area contributed by atoms with E-state index < -0.39 is 0 Å². The molecular formula is C17H25ClN2O2. The fourth-order valence-corrected chi connectivity index (χ4v) is 3.65. The predicted octanol–water partition coefficient (Wildman–Crippen LogP) is 2.41. The number of ether oxygens (including phenoxy) is 1. The molecule has 2 N–H and O–H groups in total. The quantitative estimate of drug-likeness (QED) is 0.894. The van der Waals surface area contributed by atoms with Crippen LogP contribution in [-0.4, -0.2) is 32.1 Å². The summed E-state index contributed by atoms with van der Waals surface area (Å²) in [7, 11) is 1.67. The maximum Gasteiger partial charge on any atom is 0.230 e. The van der Waals surface area contributed by atoms with Gasteiger partial charge in [-0.2, -0.15) is 0 Å². The molecule has 1 unspecified atom stereocenters. The Bertz CT molecular complexity index is 509. The maximum atomic E-state index is 12.9. The number of methoxy groups -OCH3 is 1. The van der Waals surface area contributed by atoms with Crippen molar-refractivity contribution in [3.05, 3.63) is 29.8 Å². The Morgan fingerprint density at radius 3 is 2.77 bits per heavy atom. The van der Waals surface area contributed by atoms with Gasteiger partial charge < -0.3 is 15.4 Å². The Balaban J connectivity index is 0.00000176. The van der Waals surface area contributed by atoms with Gasteiger partial charge in [-0.3, -0.25) is 4.79 Å². The molecule has 1 atom stereocenters. The van der Waals surface area contributed by atoms with Gasteiger partial charge >= 0.3 is 0 Å². The molecule has 0 spiro atoms. The Morgan fingerprint density at radius 2 is 2.14 bits per heavy atom. The Kier molecular flexibility index (Phi) is 5.70. The molecule has 1 heterocycles. The molecule has 1 aromatic carbocycles. The lowest BCUT2D eigenvalue weighted by molar-refractivity contribution is -0.127. The summed E-state index contributed by atoms with van der Waals surface area (Å²) in [5.41, 5.74) is 0.736. The minimum Gasteiger partial charge on any atom is -0.497 e. The molecule has 1 amide bonds. The smallest absolute Gasteiger partial charge is 0.230 e. The van der Waals surface area contributed by atoms with Crippen molar-refractivity contribution in [1.82, 2.24) is 10.6 Å². The first kappa shape index (κ1) is 17.1. The number of carbonyl (C=O) groups excluding carboxylic acids is 1. The normalized spacial score (nSPS) is 22.9. The lowest BCUT2D eigenvalue weighted by atomic mass is 9.77. The number of hydrogen-bond acceptors (Lipinski definition) is 3. The lowest BCUT2D eigenvalue weighted by Gasteiger charge is -2.30. The zero-order chi connectivity index (χ0) is 14.7. The van der Waals surface area contributed by atoms with Crippen LogP contribution in [0.15, 0.2) is 24.3 Å². The van der Waals surface area contributed by atoms with Gasteiger partial charge in [0.25, 0.3) is 0 Å². The van der Waals surface area contributed by atoms with Gasteiger partial charge in [0.05, 0.1) is 12.5 Å². The van der Waals surface area contributed by atoms with E-state index in [1.165, 1.54) is 0 Å². The minimum atomic E-state index is -0.364. The van der Waals surface area contributed by atoms with Gasteiger partial charge in [0.15, 0.2) is 0 Å². The van der Waals surface area contributed by atoms with Gasteiger partial charge in [0.2, 0.25) is 5.91 Å². The minimum absolute atomic E-state index is 0. The number of halogens is 1. The van der Waals surface area contributed by atoms with E-state index in [0.717, 1.165) is 56.5 Å². The largest absolute Gasteiger partial charge is 0.497 e. The van der Waals surface area contributed by atoms with E-state index in [1.54, 1.807) is 7.11 Å². The second kappa shape index (κ2) is 7.34. The first-order valence-electron chi connectivity index (χ1n) is 7.91. The van der Waals surface area contributed by atoms with Crippen molar-refractivity contribution < 1.29 is 9.53 Å². The van der Waals surface area contributed by atoms with Crippen molar-refractivity contribution in [3.63, 3.8) is 0 Å². The van der Waals surface area contributed by atoms with Crippen molar-refractivity contribution in [3.8, 4) is 5.75 Å². The molecule has 122 valence electrons. The fraction of sp³-hybridized carbons (Fsp3) is 0.588. The van der Waals surface area contributed by atoms with Crippen molar-refractivity contribution >= 4 is 18.3 Å². The third kappa shape index (κ3) is 3.23. The molecule has 0 radical (unpaired) electrons. The molecule has 1 aromatic rings. The molecule has 2 aliphatic rings. The molecular weight excluding hydrogens is 300 g/mol. The van der Waals surface area contributed by atoms with Crippen LogP contribution in [0.3, 0.4) is 0 Å². The highest BCUT2D eigenvalue weighted by atomic mass is 35.5. The molecule has 22 heavy (non-hydrogen) atoms. The summed E-state index contributed by atoms with van der Waals surface area (Å²) in [6.45, 7) is 1.89. The Labute approximate surface area is 138 Å². The summed E-state index contributed by atoms with van der Waals surface area (Å²) >= 11 is 0. The van der Waals surface area contributed by atoms with E-state index in [2.05, 4.69) is 16.7 Å². The molecule has 1 saturated heterocycles. The number of hydrogen-bond donors (Lipinski definition) is 2. The van der Waals surface area contributed by atoms with Crippen LogP contribution in [0.5, 0.6) is 5.75 Å². The van der Waals surface area contributed by atoms with E-state index in [-0.39, 0.29) is 29.8 Å². The molecule has 1 aliphatic carbocycles. The van der Waals surface area contributed by atoms with Gasteiger partial charge in [-0.15, -0.1) is 12.4 Å². The van der Waals surface area contributed by atoms with Crippen molar-refractivity contribution in [2.24, 2.45) is 0 Å². The first-order valence-corrected chi connectivity index (χ1v) is 7.91. The topological polar surface area (TPSA) is 50.4 Å². The highest BCUT2D eigenvalue weighted by Gasteiger charge is 2.43. The SMILES string of the molecule is COc1cccc(C2(C(=O)NC3CCNC3)CCCC2)c1.Cl. The third-order valence-electron chi connectivity index (χ3n) is 4.91. The van der Waals surface area contributed by atoms with Crippen LogP contribution in [0.4, 0.5) is 0 Å². The lowest BCUT2D eigenvalue weighted by Crippen LogP contribution is -2.47.